The second kappa shape index (κ2) is 6.36. The Morgan fingerprint density at radius 3 is 2.88 bits per heavy atom. The van der Waals surface area contributed by atoms with E-state index in [9.17, 15) is 4.79 Å². The summed E-state index contributed by atoms with van der Waals surface area (Å²) in [5.41, 5.74) is 5.52. The molecule has 2 atom stereocenters. The lowest BCUT2D eigenvalue weighted by Crippen LogP contribution is -2.49. The lowest BCUT2D eigenvalue weighted by atomic mass is 9.94. The summed E-state index contributed by atoms with van der Waals surface area (Å²) in [6.07, 6.45) is 4.48. The number of carbonyl (C=O) groups excluding carboxylic acids is 1. The van der Waals surface area contributed by atoms with Crippen molar-refractivity contribution >= 4 is 5.91 Å². The Kier molecular flexibility index (Phi) is 5.40. The molecule has 1 aliphatic rings. The summed E-state index contributed by atoms with van der Waals surface area (Å²) >= 11 is 0. The Bertz CT molecular complexity index is 256. The highest BCUT2D eigenvalue weighted by molar-refractivity contribution is 5.76. The predicted octanol–water partition coefficient (Wildman–Crippen LogP) is 1.53. The van der Waals surface area contributed by atoms with Crippen LogP contribution in [0.2, 0.25) is 0 Å². The molecule has 0 saturated carbocycles. The molecule has 1 fully saturated rings. The number of nitrogens with zero attached hydrogens (tertiary/aromatic N) is 1. The molecule has 0 aromatic rings. The molecule has 1 amide bonds. The van der Waals surface area contributed by atoms with Gasteiger partial charge in [0, 0.05) is 32.7 Å². The highest BCUT2D eigenvalue weighted by Crippen LogP contribution is 2.24. The third-order valence-corrected chi connectivity index (χ3v) is 3.55. The molecule has 1 heterocycles. The van der Waals surface area contributed by atoms with Crippen molar-refractivity contribution in [2.75, 3.05) is 20.2 Å². The van der Waals surface area contributed by atoms with Gasteiger partial charge in [-0.2, -0.15) is 0 Å². The van der Waals surface area contributed by atoms with Crippen molar-refractivity contribution in [1.29, 1.82) is 0 Å². The van der Waals surface area contributed by atoms with E-state index in [1.54, 1.807) is 7.11 Å². The number of ether oxygens (including phenoxy) is 1. The number of hydrogen-bond donors (Lipinski definition) is 1. The Morgan fingerprint density at radius 1 is 1.59 bits per heavy atom. The van der Waals surface area contributed by atoms with E-state index in [0.717, 1.165) is 38.8 Å². The Labute approximate surface area is 104 Å². The smallest absolute Gasteiger partial charge is 0.222 e. The number of carbonyl (C=O) groups is 1. The molecule has 100 valence electrons. The van der Waals surface area contributed by atoms with Crippen molar-refractivity contribution in [3.8, 4) is 0 Å². The average molecular weight is 242 g/mol. The van der Waals surface area contributed by atoms with Gasteiger partial charge in [-0.1, -0.05) is 0 Å². The van der Waals surface area contributed by atoms with Gasteiger partial charge in [0.25, 0.3) is 0 Å². The van der Waals surface area contributed by atoms with Gasteiger partial charge in [0.2, 0.25) is 5.91 Å². The fourth-order valence-corrected chi connectivity index (χ4v) is 2.32. The second-order valence-electron chi connectivity index (χ2n) is 5.44. The average Bonchev–Trinajstić information content (AvgIpc) is 2.28. The normalized spacial score (nSPS) is 26.9. The van der Waals surface area contributed by atoms with Crippen LogP contribution in [-0.2, 0) is 9.53 Å². The molecule has 2 N–H and O–H groups in total. The third kappa shape index (κ3) is 4.64. The van der Waals surface area contributed by atoms with Gasteiger partial charge in [-0.05, 0) is 39.5 Å². The van der Waals surface area contributed by atoms with Crippen molar-refractivity contribution in [2.24, 2.45) is 5.73 Å². The molecule has 1 saturated heterocycles. The number of piperidine rings is 1. The SMILES string of the molecule is COC1(C)CCCN(C(=O)CCCC(C)N)C1. The van der Waals surface area contributed by atoms with Crippen molar-refractivity contribution in [2.45, 2.75) is 57.6 Å². The van der Waals surface area contributed by atoms with Crippen LogP contribution in [0.1, 0.15) is 46.0 Å². The number of methoxy groups -OCH3 is 1. The summed E-state index contributed by atoms with van der Waals surface area (Å²) in [7, 11) is 1.73. The van der Waals surface area contributed by atoms with E-state index in [1.807, 2.05) is 11.8 Å². The van der Waals surface area contributed by atoms with Gasteiger partial charge >= 0.3 is 0 Å². The molecule has 17 heavy (non-hydrogen) atoms. The van der Waals surface area contributed by atoms with Crippen molar-refractivity contribution in [3.05, 3.63) is 0 Å². The fraction of sp³-hybridized carbons (Fsp3) is 0.923. The monoisotopic (exact) mass is 242 g/mol. The van der Waals surface area contributed by atoms with Crippen LogP contribution in [0, 0.1) is 0 Å². The molecule has 0 radical (unpaired) electrons. The van der Waals surface area contributed by atoms with Gasteiger partial charge in [-0.3, -0.25) is 4.79 Å². The first kappa shape index (κ1) is 14.5. The molecule has 0 aromatic heterocycles. The first-order valence-electron chi connectivity index (χ1n) is 6.55. The Morgan fingerprint density at radius 2 is 2.29 bits per heavy atom. The molecule has 1 aliphatic heterocycles. The number of hydrogen-bond acceptors (Lipinski definition) is 3. The van der Waals surface area contributed by atoms with E-state index in [-0.39, 0.29) is 17.6 Å². The molecule has 1 rings (SSSR count). The van der Waals surface area contributed by atoms with Gasteiger partial charge in [0.15, 0.2) is 0 Å². The second-order valence-corrected chi connectivity index (χ2v) is 5.44. The van der Waals surface area contributed by atoms with Gasteiger partial charge in [0.05, 0.1) is 5.60 Å². The lowest BCUT2D eigenvalue weighted by Gasteiger charge is -2.39. The standard InChI is InChI=1S/C13H26N2O2/c1-11(14)6-4-7-12(16)15-9-5-8-13(2,10-15)17-3/h11H,4-10,14H2,1-3H3. The molecule has 0 spiro atoms. The molecular formula is C13H26N2O2. The molecule has 4 heteroatoms. The zero-order valence-electron chi connectivity index (χ0n) is 11.4. The van der Waals surface area contributed by atoms with Crippen LogP contribution in [0.3, 0.4) is 0 Å². The summed E-state index contributed by atoms with van der Waals surface area (Å²) in [5, 5.41) is 0. The number of likely N-dealkylation sites (tertiary alicyclic amines) is 1. The molecule has 0 bridgehead atoms. The van der Waals surface area contributed by atoms with E-state index in [0.29, 0.717) is 6.42 Å². The molecular weight excluding hydrogens is 216 g/mol. The van der Waals surface area contributed by atoms with Gasteiger partial charge < -0.3 is 15.4 Å². The van der Waals surface area contributed by atoms with E-state index in [4.69, 9.17) is 10.5 Å². The number of amides is 1. The van der Waals surface area contributed by atoms with Crippen molar-refractivity contribution < 1.29 is 9.53 Å². The minimum Gasteiger partial charge on any atom is -0.377 e. The highest BCUT2D eigenvalue weighted by Gasteiger charge is 2.32. The quantitative estimate of drug-likeness (QED) is 0.795. The maximum atomic E-state index is 12.0. The highest BCUT2D eigenvalue weighted by atomic mass is 16.5. The van der Waals surface area contributed by atoms with Crippen LogP contribution in [0.15, 0.2) is 0 Å². The van der Waals surface area contributed by atoms with Gasteiger partial charge in [-0.15, -0.1) is 0 Å². The lowest BCUT2D eigenvalue weighted by molar-refractivity contribution is -0.139. The fourth-order valence-electron chi connectivity index (χ4n) is 2.32. The Balaban J connectivity index is 2.36. The van der Waals surface area contributed by atoms with Crippen LogP contribution in [0.5, 0.6) is 0 Å². The summed E-state index contributed by atoms with van der Waals surface area (Å²) in [4.78, 5) is 14.0. The molecule has 0 aromatic carbocycles. The summed E-state index contributed by atoms with van der Waals surface area (Å²) in [5.74, 6) is 0.244. The maximum Gasteiger partial charge on any atom is 0.222 e. The largest absolute Gasteiger partial charge is 0.377 e. The van der Waals surface area contributed by atoms with Crippen LogP contribution in [0.25, 0.3) is 0 Å². The van der Waals surface area contributed by atoms with Crippen molar-refractivity contribution in [3.63, 3.8) is 0 Å². The van der Waals surface area contributed by atoms with Crippen LogP contribution in [0.4, 0.5) is 0 Å². The minimum absolute atomic E-state index is 0.158. The van der Waals surface area contributed by atoms with Gasteiger partial charge in [-0.25, -0.2) is 0 Å². The maximum absolute atomic E-state index is 12.0. The van der Waals surface area contributed by atoms with E-state index < -0.39 is 0 Å². The van der Waals surface area contributed by atoms with E-state index in [2.05, 4.69) is 6.92 Å². The van der Waals surface area contributed by atoms with Crippen LogP contribution >= 0.6 is 0 Å². The number of rotatable bonds is 5. The minimum atomic E-state index is -0.158. The van der Waals surface area contributed by atoms with E-state index in [1.165, 1.54) is 0 Å². The zero-order valence-corrected chi connectivity index (χ0v) is 11.4. The Hall–Kier alpha value is -0.610. The predicted molar refractivity (Wildman–Crippen MR) is 68.7 cm³/mol. The first-order chi connectivity index (χ1) is 7.97. The summed E-state index contributed by atoms with van der Waals surface area (Å²) < 4.78 is 5.49. The first-order valence-corrected chi connectivity index (χ1v) is 6.55. The third-order valence-electron chi connectivity index (χ3n) is 3.55. The van der Waals surface area contributed by atoms with Crippen molar-refractivity contribution in [1.82, 2.24) is 4.90 Å². The zero-order chi connectivity index (χ0) is 12.9. The molecule has 4 nitrogen and oxygen atoms in total. The summed E-state index contributed by atoms with van der Waals surface area (Å²) in [6, 6.07) is 0.188. The number of nitrogens with two attached hydrogens (primary N) is 1. The molecule has 0 aliphatic carbocycles. The summed E-state index contributed by atoms with van der Waals surface area (Å²) in [6.45, 7) is 5.65. The van der Waals surface area contributed by atoms with Crippen LogP contribution in [-0.4, -0.2) is 42.6 Å². The topological polar surface area (TPSA) is 55.6 Å². The molecule has 2 unspecified atom stereocenters. The van der Waals surface area contributed by atoms with Gasteiger partial charge in [0.1, 0.15) is 0 Å². The van der Waals surface area contributed by atoms with E-state index >= 15 is 0 Å². The van der Waals surface area contributed by atoms with Crippen LogP contribution < -0.4 is 5.73 Å².